The van der Waals surface area contributed by atoms with Crippen LogP contribution in [0.25, 0.3) is 5.69 Å². The summed E-state index contributed by atoms with van der Waals surface area (Å²) in [6, 6.07) is 9.53. The second-order valence-electron chi connectivity index (χ2n) is 5.32. The van der Waals surface area contributed by atoms with Crippen molar-refractivity contribution in [2.45, 2.75) is 13.8 Å². The van der Waals surface area contributed by atoms with Gasteiger partial charge < -0.3 is 10.0 Å². The lowest BCUT2D eigenvalue weighted by Crippen LogP contribution is -2.33. The second-order valence-corrected chi connectivity index (χ2v) is 5.32. The number of nitrogens with zero attached hydrogens (tertiary/aromatic N) is 3. The van der Waals surface area contributed by atoms with E-state index in [0.29, 0.717) is 5.56 Å². The predicted octanol–water partition coefficient (Wildman–Crippen LogP) is 1.97. The van der Waals surface area contributed by atoms with Gasteiger partial charge in [-0.3, -0.25) is 9.59 Å². The summed E-state index contributed by atoms with van der Waals surface area (Å²) < 4.78 is 1.70. The first-order valence-corrected chi connectivity index (χ1v) is 7.00. The molecule has 1 heterocycles. The number of benzene rings is 1. The molecule has 1 unspecified atom stereocenters. The minimum absolute atomic E-state index is 0.157. The summed E-state index contributed by atoms with van der Waals surface area (Å²) in [5, 5.41) is 13.2. The molecule has 0 bridgehead atoms. The van der Waals surface area contributed by atoms with Crippen molar-refractivity contribution in [2.75, 3.05) is 13.6 Å². The monoisotopic (exact) mass is 301 g/mol. The van der Waals surface area contributed by atoms with Gasteiger partial charge in [0.15, 0.2) is 0 Å². The van der Waals surface area contributed by atoms with Crippen LogP contribution >= 0.6 is 0 Å². The SMILES string of the molecule is Cc1c(C(=O)N(C)CC(C)C(=O)O)cnn1-c1ccccc1. The Morgan fingerprint density at radius 1 is 1.32 bits per heavy atom. The highest BCUT2D eigenvalue weighted by Gasteiger charge is 2.22. The van der Waals surface area contributed by atoms with Crippen LogP contribution in [-0.4, -0.2) is 45.3 Å². The first-order chi connectivity index (χ1) is 10.4. The van der Waals surface area contributed by atoms with Gasteiger partial charge in [0.05, 0.1) is 29.1 Å². The Morgan fingerprint density at radius 2 is 1.95 bits per heavy atom. The van der Waals surface area contributed by atoms with E-state index >= 15 is 0 Å². The third-order valence-corrected chi connectivity index (χ3v) is 3.56. The maximum absolute atomic E-state index is 12.4. The van der Waals surface area contributed by atoms with Crippen molar-refractivity contribution in [1.82, 2.24) is 14.7 Å². The first-order valence-electron chi connectivity index (χ1n) is 7.00. The van der Waals surface area contributed by atoms with Crippen LogP contribution in [0.1, 0.15) is 23.0 Å². The Morgan fingerprint density at radius 3 is 2.55 bits per heavy atom. The smallest absolute Gasteiger partial charge is 0.308 e. The van der Waals surface area contributed by atoms with Crippen LogP contribution < -0.4 is 0 Å². The summed E-state index contributed by atoms with van der Waals surface area (Å²) in [7, 11) is 1.60. The lowest BCUT2D eigenvalue weighted by atomic mass is 10.1. The Bertz CT molecular complexity index is 679. The molecule has 0 saturated carbocycles. The average Bonchev–Trinajstić information content (AvgIpc) is 2.88. The molecule has 2 rings (SSSR count). The van der Waals surface area contributed by atoms with E-state index in [1.165, 1.54) is 11.1 Å². The molecule has 0 aliphatic rings. The zero-order valence-corrected chi connectivity index (χ0v) is 12.9. The van der Waals surface area contributed by atoms with E-state index in [2.05, 4.69) is 5.10 Å². The minimum atomic E-state index is -0.920. The molecule has 0 fully saturated rings. The number of aromatic nitrogens is 2. The zero-order valence-electron chi connectivity index (χ0n) is 12.9. The quantitative estimate of drug-likeness (QED) is 0.916. The fourth-order valence-corrected chi connectivity index (χ4v) is 2.23. The molecule has 1 aromatic heterocycles. The first kappa shape index (κ1) is 15.8. The highest BCUT2D eigenvalue weighted by Crippen LogP contribution is 2.15. The Hall–Kier alpha value is -2.63. The van der Waals surface area contributed by atoms with Gasteiger partial charge in [-0.2, -0.15) is 5.10 Å². The standard InChI is InChI=1S/C16H19N3O3/c1-11(16(21)22)10-18(3)15(20)14-9-17-19(12(14)2)13-7-5-4-6-8-13/h4-9,11H,10H2,1-3H3,(H,21,22). The molecular weight excluding hydrogens is 282 g/mol. The number of carbonyl (C=O) groups is 2. The number of hydrogen-bond donors (Lipinski definition) is 1. The number of carboxylic acid groups (broad SMARTS) is 1. The van der Waals surface area contributed by atoms with Gasteiger partial charge in [0.25, 0.3) is 5.91 Å². The van der Waals surface area contributed by atoms with Crippen LogP contribution in [0.15, 0.2) is 36.5 Å². The van der Waals surface area contributed by atoms with Gasteiger partial charge >= 0.3 is 5.97 Å². The van der Waals surface area contributed by atoms with E-state index in [-0.39, 0.29) is 12.5 Å². The van der Waals surface area contributed by atoms with Gasteiger partial charge in [-0.1, -0.05) is 25.1 Å². The van der Waals surface area contributed by atoms with Gasteiger partial charge in [0.1, 0.15) is 0 Å². The fourth-order valence-electron chi connectivity index (χ4n) is 2.23. The molecule has 2 aromatic rings. The van der Waals surface area contributed by atoms with Crippen LogP contribution in [0, 0.1) is 12.8 Å². The number of hydrogen-bond acceptors (Lipinski definition) is 3. The second kappa shape index (κ2) is 6.43. The summed E-state index contributed by atoms with van der Waals surface area (Å²) >= 11 is 0. The summed E-state index contributed by atoms with van der Waals surface area (Å²) in [5.41, 5.74) is 2.08. The average molecular weight is 301 g/mol. The normalized spacial score (nSPS) is 12.0. The Balaban J connectivity index is 2.21. The number of carbonyl (C=O) groups excluding carboxylic acids is 1. The topological polar surface area (TPSA) is 75.4 Å². The molecule has 0 radical (unpaired) electrons. The Labute approximate surface area is 129 Å². The van der Waals surface area contributed by atoms with Crippen molar-refractivity contribution in [3.8, 4) is 5.69 Å². The predicted molar refractivity (Wildman–Crippen MR) is 82.1 cm³/mol. The van der Waals surface area contributed by atoms with Gasteiger partial charge in [-0.05, 0) is 19.1 Å². The van der Waals surface area contributed by atoms with E-state index in [0.717, 1.165) is 11.4 Å². The third kappa shape index (κ3) is 3.16. The molecule has 0 saturated heterocycles. The minimum Gasteiger partial charge on any atom is -0.481 e. The van der Waals surface area contributed by atoms with Crippen molar-refractivity contribution >= 4 is 11.9 Å². The molecule has 6 nitrogen and oxygen atoms in total. The molecule has 0 aliphatic carbocycles. The highest BCUT2D eigenvalue weighted by atomic mass is 16.4. The highest BCUT2D eigenvalue weighted by molar-refractivity contribution is 5.95. The van der Waals surface area contributed by atoms with Gasteiger partial charge in [-0.15, -0.1) is 0 Å². The zero-order chi connectivity index (χ0) is 16.3. The van der Waals surface area contributed by atoms with Crippen molar-refractivity contribution < 1.29 is 14.7 Å². The molecule has 0 spiro atoms. The maximum atomic E-state index is 12.4. The van der Waals surface area contributed by atoms with Gasteiger partial charge in [-0.25, -0.2) is 4.68 Å². The number of para-hydroxylation sites is 1. The van der Waals surface area contributed by atoms with Crippen LogP contribution in [0.4, 0.5) is 0 Å². The van der Waals surface area contributed by atoms with Crippen LogP contribution in [0.2, 0.25) is 0 Å². The number of aliphatic carboxylic acids is 1. The van der Waals surface area contributed by atoms with Gasteiger partial charge in [0, 0.05) is 13.6 Å². The van der Waals surface area contributed by atoms with E-state index in [9.17, 15) is 9.59 Å². The molecule has 116 valence electrons. The van der Waals surface area contributed by atoms with Crippen molar-refractivity contribution in [1.29, 1.82) is 0 Å². The summed E-state index contributed by atoms with van der Waals surface area (Å²) in [6.45, 7) is 3.55. The fraction of sp³-hybridized carbons (Fsp3) is 0.312. The molecule has 22 heavy (non-hydrogen) atoms. The summed E-state index contributed by atoms with van der Waals surface area (Å²) in [4.78, 5) is 24.8. The molecule has 1 amide bonds. The third-order valence-electron chi connectivity index (χ3n) is 3.56. The van der Waals surface area contributed by atoms with Crippen molar-refractivity contribution in [3.05, 3.63) is 47.8 Å². The van der Waals surface area contributed by atoms with Crippen LogP contribution in [-0.2, 0) is 4.79 Å². The van der Waals surface area contributed by atoms with E-state index in [1.807, 2.05) is 37.3 Å². The van der Waals surface area contributed by atoms with E-state index < -0.39 is 11.9 Å². The summed E-state index contributed by atoms with van der Waals surface area (Å²) in [6.07, 6.45) is 1.52. The van der Waals surface area contributed by atoms with Crippen LogP contribution in [0.3, 0.4) is 0 Å². The maximum Gasteiger partial charge on any atom is 0.308 e. The lowest BCUT2D eigenvalue weighted by Gasteiger charge is -2.19. The van der Waals surface area contributed by atoms with E-state index in [1.54, 1.807) is 18.7 Å². The van der Waals surface area contributed by atoms with Crippen molar-refractivity contribution in [2.24, 2.45) is 5.92 Å². The molecule has 1 aromatic carbocycles. The van der Waals surface area contributed by atoms with Gasteiger partial charge in [0.2, 0.25) is 0 Å². The van der Waals surface area contributed by atoms with Crippen LogP contribution in [0.5, 0.6) is 0 Å². The number of rotatable bonds is 5. The molecular formula is C16H19N3O3. The molecule has 6 heteroatoms. The van der Waals surface area contributed by atoms with Crippen molar-refractivity contribution in [3.63, 3.8) is 0 Å². The number of carboxylic acids is 1. The number of amides is 1. The molecule has 1 atom stereocenters. The summed E-state index contributed by atoms with van der Waals surface area (Å²) in [5.74, 6) is -1.76. The lowest BCUT2D eigenvalue weighted by molar-refractivity contribution is -0.141. The largest absolute Gasteiger partial charge is 0.481 e. The molecule has 1 N–H and O–H groups in total. The Kier molecular flexibility index (Phi) is 4.60. The molecule has 0 aliphatic heterocycles. The van der Waals surface area contributed by atoms with E-state index in [4.69, 9.17) is 5.11 Å².